The lowest BCUT2D eigenvalue weighted by Gasteiger charge is -2.41. The van der Waals surface area contributed by atoms with Crippen LogP contribution in [0.25, 0.3) is 0 Å². The Hall–Kier alpha value is -2.37. The number of piperazine rings is 1. The topological polar surface area (TPSA) is 69.7 Å². The maximum Gasteiger partial charge on any atom is 0.251 e. The second-order valence-corrected chi connectivity index (χ2v) is 9.47. The molecule has 1 aliphatic carbocycles. The molecule has 1 aliphatic heterocycles. The summed E-state index contributed by atoms with van der Waals surface area (Å²) in [6.45, 7) is 7.50. The van der Waals surface area contributed by atoms with Gasteiger partial charge in [0.2, 0.25) is 11.8 Å². The highest BCUT2D eigenvalue weighted by atomic mass is 16.2. The third kappa shape index (κ3) is 6.08. The lowest BCUT2D eigenvalue weighted by Crippen LogP contribution is -2.59. The van der Waals surface area contributed by atoms with Crippen LogP contribution in [0.1, 0.15) is 69.7 Å². The first-order chi connectivity index (χ1) is 14.9. The standard InChI is InChI=1S/C25H37N3O3/c1-18(2)23(26-24(30)21-11-5-4-6-12-21)25(31)27-15-16-28(19(3)17-27)22(29)14-13-20-9-7-8-10-20/h4-6,11-12,18-20,23H,7-10,13-17H2,1-3H3,(H,26,30). The zero-order chi connectivity index (χ0) is 22.4. The smallest absolute Gasteiger partial charge is 0.251 e. The first kappa shape index (κ1) is 23.3. The number of rotatable bonds is 7. The zero-order valence-corrected chi connectivity index (χ0v) is 19.2. The van der Waals surface area contributed by atoms with Gasteiger partial charge in [-0.25, -0.2) is 0 Å². The first-order valence-electron chi connectivity index (χ1n) is 11.8. The van der Waals surface area contributed by atoms with Gasteiger partial charge in [-0.05, 0) is 37.3 Å². The molecule has 1 saturated heterocycles. The van der Waals surface area contributed by atoms with Crippen LogP contribution in [0, 0.1) is 11.8 Å². The van der Waals surface area contributed by atoms with E-state index in [9.17, 15) is 14.4 Å². The van der Waals surface area contributed by atoms with Gasteiger partial charge in [0, 0.05) is 37.7 Å². The Kier molecular flexibility index (Phi) is 8.10. The summed E-state index contributed by atoms with van der Waals surface area (Å²) in [5.74, 6) is 0.596. The van der Waals surface area contributed by atoms with Crippen molar-refractivity contribution < 1.29 is 14.4 Å². The molecule has 2 atom stereocenters. The third-order valence-electron chi connectivity index (χ3n) is 6.76. The molecule has 2 aliphatic rings. The molecule has 6 heteroatoms. The number of hydrogen-bond acceptors (Lipinski definition) is 3. The van der Waals surface area contributed by atoms with E-state index in [4.69, 9.17) is 0 Å². The van der Waals surface area contributed by atoms with Crippen LogP contribution in [0.15, 0.2) is 30.3 Å². The SMILES string of the molecule is CC(C)C(NC(=O)c1ccccc1)C(=O)N1CCN(C(=O)CCC2CCCC2)C(C)C1. The van der Waals surface area contributed by atoms with Gasteiger partial charge in [0.25, 0.3) is 5.91 Å². The number of carbonyl (C=O) groups is 3. The van der Waals surface area contributed by atoms with Crippen LogP contribution in [0.4, 0.5) is 0 Å². The predicted molar refractivity (Wildman–Crippen MR) is 121 cm³/mol. The summed E-state index contributed by atoms with van der Waals surface area (Å²) in [6, 6.07) is 8.38. The Labute approximate surface area is 186 Å². The van der Waals surface area contributed by atoms with Crippen LogP contribution in [0.2, 0.25) is 0 Å². The van der Waals surface area contributed by atoms with Crippen molar-refractivity contribution in [2.24, 2.45) is 11.8 Å². The fourth-order valence-corrected chi connectivity index (χ4v) is 4.82. The average Bonchev–Trinajstić information content (AvgIpc) is 3.29. The molecule has 1 aromatic carbocycles. The number of amides is 3. The van der Waals surface area contributed by atoms with Crippen molar-refractivity contribution >= 4 is 17.7 Å². The van der Waals surface area contributed by atoms with Crippen molar-refractivity contribution in [3.8, 4) is 0 Å². The largest absolute Gasteiger partial charge is 0.340 e. The Bertz CT molecular complexity index is 759. The predicted octanol–water partition coefficient (Wildman–Crippen LogP) is 3.47. The van der Waals surface area contributed by atoms with Crippen LogP contribution in [-0.4, -0.2) is 59.2 Å². The molecule has 31 heavy (non-hydrogen) atoms. The van der Waals surface area contributed by atoms with Crippen molar-refractivity contribution in [1.29, 1.82) is 0 Å². The van der Waals surface area contributed by atoms with Crippen LogP contribution in [0.3, 0.4) is 0 Å². The van der Waals surface area contributed by atoms with Crippen LogP contribution in [0.5, 0.6) is 0 Å². The highest BCUT2D eigenvalue weighted by Gasteiger charge is 2.34. The van der Waals surface area contributed by atoms with Crippen LogP contribution < -0.4 is 5.32 Å². The third-order valence-corrected chi connectivity index (χ3v) is 6.76. The molecule has 3 rings (SSSR count). The van der Waals surface area contributed by atoms with E-state index in [1.165, 1.54) is 25.7 Å². The molecule has 0 bridgehead atoms. The van der Waals surface area contributed by atoms with E-state index in [1.807, 2.05) is 43.9 Å². The Morgan fingerprint density at radius 2 is 1.74 bits per heavy atom. The molecule has 1 saturated carbocycles. The monoisotopic (exact) mass is 427 g/mol. The number of nitrogens with zero attached hydrogens (tertiary/aromatic N) is 2. The van der Waals surface area contributed by atoms with Gasteiger partial charge in [0.1, 0.15) is 6.04 Å². The molecule has 1 heterocycles. The fraction of sp³-hybridized carbons (Fsp3) is 0.640. The zero-order valence-electron chi connectivity index (χ0n) is 19.2. The van der Waals surface area contributed by atoms with Gasteiger partial charge in [-0.15, -0.1) is 0 Å². The molecular weight excluding hydrogens is 390 g/mol. The molecule has 2 unspecified atom stereocenters. The van der Waals surface area contributed by atoms with Crippen molar-refractivity contribution in [3.05, 3.63) is 35.9 Å². The highest BCUT2D eigenvalue weighted by Crippen LogP contribution is 2.29. The molecule has 2 fully saturated rings. The first-order valence-corrected chi connectivity index (χ1v) is 11.8. The lowest BCUT2D eigenvalue weighted by atomic mass is 10.00. The quantitative estimate of drug-likeness (QED) is 0.724. The summed E-state index contributed by atoms with van der Waals surface area (Å²) in [6.07, 6.45) is 6.73. The van der Waals surface area contributed by atoms with Crippen molar-refractivity contribution in [2.45, 2.75) is 71.4 Å². The van der Waals surface area contributed by atoms with Gasteiger partial charge in [0.05, 0.1) is 0 Å². The molecule has 3 amide bonds. The summed E-state index contributed by atoms with van der Waals surface area (Å²) in [7, 11) is 0. The summed E-state index contributed by atoms with van der Waals surface area (Å²) < 4.78 is 0. The van der Waals surface area contributed by atoms with E-state index >= 15 is 0 Å². The molecule has 0 spiro atoms. The molecule has 170 valence electrons. The highest BCUT2D eigenvalue weighted by molar-refractivity contribution is 5.97. The normalized spacial score (nSPS) is 20.7. The minimum atomic E-state index is -0.579. The lowest BCUT2D eigenvalue weighted by molar-refractivity contribution is -0.144. The Morgan fingerprint density at radius 1 is 1.06 bits per heavy atom. The molecule has 6 nitrogen and oxygen atoms in total. The van der Waals surface area contributed by atoms with E-state index in [2.05, 4.69) is 5.32 Å². The number of carbonyl (C=O) groups excluding carboxylic acids is 3. The molecule has 1 aromatic rings. The van der Waals surface area contributed by atoms with Gasteiger partial charge in [-0.1, -0.05) is 57.7 Å². The van der Waals surface area contributed by atoms with Gasteiger partial charge in [0.15, 0.2) is 0 Å². The van der Waals surface area contributed by atoms with Crippen molar-refractivity contribution in [1.82, 2.24) is 15.1 Å². The van der Waals surface area contributed by atoms with Gasteiger partial charge in [-0.3, -0.25) is 14.4 Å². The van der Waals surface area contributed by atoms with Gasteiger partial charge < -0.3 is 15.1 Å². The van der Waals surface area contributed by atoms with E-state index in [0.29, 0.717) is 37.5 Å². The van der Waals surface area contributed by atoms with Gasteiger partial charge in [-0.2, -0.15) is 0 Å². The molecular formula is C25H37N3O3. The van der Waals surface area contributed by atoms with E-state index in [-0.39, 0.29) is 29.7 Å². The van der Waals surface area contributed by atoms with E-state index in [0.717, 1.165) is 6.42 Å². The molecule has 1 N–H and O–H groups in total. The van der Waals surface area contributed by atoms with Crippen LogP contribution in [-0.2, 0) is 9.59 Å². The maximum absolute atomic E-state index is 13.2. The second-order valence-electron chi connectivity index (χ2n) is 9.47. The maximum atomic E-state index is 13.2. The molecule has 0 radical (unpaired) electrons. The molecule has 0 aromatic heterocycles. The summed E-state index contributed by atoms with van der Waals surface area (Å²) in [5.41, 5.74) is 0.548. The Morgan fingerprint density at radius 3 is 2.35 bits per heavy atom. The summed E-state index contributed by atoms with van der Waals surface area (Å²) in [4.78, 5) is 42.3. The fourth-order valence-electron chi connectivity index (χ4n) is 4.82. The van der Waals surface area contributed by atoms with Crippen molar-refractivity contribution in [2.75, 3.05) is 19.6 Å². The van der Waals surface area contributed by atoms with Crippen molar-refractivity contribution in [3.63, 3.8) is 0 Å². The summed E-state index contributed by atoms with van der Waals surface area (Å²) in [5, 5.41) is 2.92. The van der Waals surface area contributed by atoms with Crippen LogP contribution >= 0.6 is 0 Å². The number of nitrogens with one attached hydrogen (secondary N) is 1. The van der Waals surface area contributed by atoms with E-state index < -0.39 is 6.04 Å². The summed E-state index contributed by atoms with van der Waals surface area (Å²) >= 11 is 0. The Balaban J connectivity index is 1.54. The number of benzene rings is 1. The average molecular weight is 428 g/mol. The van der Waals surface area contributed by atoms with Gasteiger partial charge >= 0.3 is 0 Å². The minimum absolute atomic E-state index is 0.00795. The number of hydrogen-bond donors (Lipinski definition) is 1. The van der Waals surface area contributed by atoms with E-state index in [1.54, 1.807) is 17.0 Å². The minimum Gasteiger partial charge on any atom is -0.340 e. The second kappa shape index (κ2) is 10.8.